The fourth-order valence-corrected chi connectivity index (χ4v) is 2.46. The summed E-state index contributed by atoms with van der Waals surface area (Å²) in [5.74, 6) is 0.119. The molecule has 1 aliphatic carbocycles. The first-order valence-corrected chi connectivity index (χ1v) is 5.76. The van der Waals surface area contributed by atoms with Gasteiger partial charge in [0.25, 0.3) is 0 Å². The zero-order chi connectivity index (χ0) is 11.5. The summed E-state index contributed by atoms with van der Waals surface area (Å²) < 4.78 is 0. The lowest BCUT2D eigenvalue weighted by molar-refractivity contribution is -0.133. The van der Waals surface area contributed by atoms with Crippen molar-refractivity contribution in [2.75, 3.05) is 0 Å². The second-order valence-electron chi connectivity index (χ2n) is 4.52. The maximum atomic E-state index is 11.8. The van der Waals surface area contributed by atoms with E-state index in [4.69, 9.17) is 0 Å². The lowest BCUT2D eigenvalue weighted by atomic mass is 9.76. The van der Waals surface area contributed by atoms with Crippen molar-refractivity contribution >= 4 is 11.6 Å². The molecule has 0 bridgehead atoms. The van der Waals surface area contributed by atoms with Crippen molar-refractivity contribution in [1.29, 1.82) is 0 Å². The molecular weight excluding hydrogens is 200 g/mol. The number of Topliss-reactive ketones (excluding diaryl/α,β-unsaturated/α-hetero) is 2. The van der Waals surface area contributed by atoms with Crippen molar-refractivity contribution in [3.8, 4) is 0 Å². The van der Waals surface area contributed by atoms with E-state index in [-0.39, 0.29) is 17.5 Å². The van der Waals surface area contributed by atoms with Gasteiger partial charge in [-0.25, -0.2) is 0 Å². The van der Waals surface area contributed by atoms with E-state index in [1.807, 2.05) is 18.2 Å². The molecule has 0 amide bonds. The van der Waals surface area contributed by atoms with E-state index in [0.29, 0.717) is 18.8 Å². The highest BCUT2D eigenvalue weighted by atomic mass is 16.1. The third kappa shape index (κ3) is 2.21. The Morgan fingerprint density at radius 1 is 1.19 bits per heavy atom. The van der Waals surface area contributed by atoms with E-state index in [9.17, 15) is 9.59 Å². The molecule has 0 unspecified atom stereocenters. The average Bonchev–Trinajstić information content (AvgIpc) is 2.29. The first-order chi connectivity index (χ1) is 7.68. The largest absolute Gasteiger partial charge is 0.299 e. The number of hydrogen-bond acceptors (Lipinski definition) is 2. The summed E-state index contributed by atoms with van der Waals surface area (Å²) in [7, 11) is 0. The lowest BCUT2D eigenvalue weighted by Crippen LogP contribution is -2.28. The third-order valence-electron chi connectivity index (χ3n) is 3.40. The molecule has 0 radical (unpaired) electrons. The summed E-state index contributed by atoms with van der Waals surface area (Å²) in [6.45, 7) is 1.52. The van der Waals surface area contributed by atoms with Gasteiger partial charge in [0, 0.05) is 6.42 Å². The van der Waals surface area contributed by atoms with Crippen LogP contribution in [0.1, 0.15) is 37.7 Å². The van der Waals surface area contributed by atoms with Gasteiger partial charge in [-0.05, 0) is 31.2 Å². The van der Waals surface area contributed by atoms with Crippen LogP contribution in [-0.2, 0) is 9.59 Å². The van der Waals surface area contributed by atoms with Crippen LogP contribution in [0.15, 0.2) is 30.3 Å². The van der Waals surface area contributed by atoms with Crippen molar-refractivity contribution in [2.45, 2.75) is 32.1 Å². The Morgan fingerprint density at radius 2 is 1.88 bits per heavy atom. The number of rotatable bonds is 2. The lowest BCUT2D eigenvalue weighted by Gasteiger charge is -2.26. The van der Waals surface area contributed by atoms with Crippen LogP contribution in [0.3, 0.4) is 0 Å². The van der Waals surface area contributed by atoms with Crippen LogP contribution < -0.4 is 0 Å². The highest BCUT2D eigenvalue weighted by molar-refractivity contribution is 6.02. The summed E-state index contributed by atoms with van der Waals surface area (Å²) in [6.07, 6.45) is 2.18. The zero-order valence-corrected chi connectivity index (χ0v) is 9.48. The number of carbonyl (C=O) groups excluding carboxylic acids is 2. The van der Waals surface area contributed by atoms with Crippen molar-refractivity contribution in [1.82, 2.24) is 0 Å². The maximum absolute atomic E-state index is 11.8. The second kappa shape index (κ2) is 4.60. The molecule has 0 N–H and O–H groups in total. The highest BCUT2D eigenvalue weighted by Gasteiger charge is 2.31. The minimum Gasteiger partial charge on any atom is -0.299 e. The third-order valence-corrected chi connectivity index (χ3v) is 3.40. The molecule has 2 heteroatoms. The van der Waals surface area contributed by atoms with E-state index in [2.05, 4.69) is 12.1 Å². The number of benzene rings is 1. The van der Waals surface area contributed by atoms with Gasteiger partial charge in [-0.3, -0.25) is 9.59 Å². The number of carbonyl (C=O) groups is 2. The Morgan fingerprint density at radius 3 is 2.44 bits per heavy atom. The SMILES string of the molecule is CC(=O)[C@@H]1CC[C@@H](c2ccccc2)CC1=O. The van der Waals surface area contributed by atoms with Crippen LogP contribution in [0.5, 0.6) is 0 Å². The quantitative estimate of drug-likeness (QED) is 0.712. The molecule has 1 saturated carbocycles. The van der Waals surface area contributed by atoms with Gasteiger partial charge in [-0.2, -0.15) is 0 Å². The Kier molecular flexibility index (Phi) is 3.18. The Balaban J connectivity index is 2.08. The summed E-state index contributed by atoms with van der Waals surface area (Å²) in [5, 5.41) is 0. The Hall–Kier alpha value is -1.44. The molecule has 1 fully saturated rings. The molecular formula is C14H16O2. The molecule has 1 aromatic carbocycles. The van der Waals surface area contributed by atoms with E-state index >= 15 is 0 Å². The summed E-state index contributed by atoms with van der Waals surface area (Å²) in [5.41, 5.74) is 1.22. The fourth-order valence-electron chi connectivity index (χ4n) is 2.46. The van der Waals surface area contributed by atoms with Gasteiger partial charge >= 0.3 is 0 Å². The van der Waals surface area contributed by atoms with Crippen molar-refractivity contribution in [3.05, 3.63) is 35.9 Å². The first-order valence-electron chi connectivity index (χ1n) is 5.76. The molecule has 0 spiro atoms. The summed E-state index contributed by atoms with van der Waals surface area (Å²) in [4.78, 5) is 23.0. The van der Waals surface area contributed by atoms with Crippen LogP contribution in [0.25, 0.3) is 0 Å². The van der Waals surface area contributed by atoms with Crippen LogP contribution >= 0.6 is 0 Å². The highest BCUT2D eigenvalue weighted by Crippen LogP contribution is 2.33. The van der Waals surface area contributed by atoms with E-state index in [1.165, 1.54) is 12.5 Å². The molecule has 2 nitrogen and oxygen atoms in total. The van der Waals surface area contributed by atoms with Gasteiger partial charge in [-0.1, -0.05) is 30.3 Å². The molecule has 84 valence electrons. The van der Waals surface area contributed by atoms with Crippen LogP contribution in [0, 0.1) is 5.92 Å². The van der Waals surface area contributed by atoms with Gasteiger partial charge in [0.15, 0.2) is 0 Å². The van der Waals surface area contributed by atoms with Gasteiger partial charge < -0.3 is 0 Å². The van der Waals surface area contributed by atoms with Crippen molar-refractivity contribution in [3.63, 3.8) is 0 Å². The molecule has 0 aliphatic heterocycles. The molecule has 1 aromatic rings. The van der Waals surface area contributed by atoms with Gasteiger partial charge in [0.2, 0.25) is 0 Å². The van der Waals surface area contributed by atoms with E-state index in [0.717, 1.165) is 6.42 Å². The predicted octanol–water partition coefficient (Wildman–Crippen LogP) is 2.73. The molecule has 0 heterocycles. The number of ketones is 2. The smallest absolute Gasteiger partial charge is 0.143 e. The Labute approximate surface area is 95.7 Å². The van der Waals surface area contributed by atoms with Crippen LogP contribution in [0.2, 0.25) is 0 Å². The zero-order valence-electron chi connectivity index (χ0n) is 9.48. The Bertz CT molecular complexity index is 394. The molecule has 2 atom stereocenters. The molecule has 16 heavy (non-hydrogen) atoms. The first kappa shape index (κ1) is 11.1. The molecule has 0 aromatic heterocycles. The second-order valence-corrected chi connectivity index (χ2v) is 4.52. The topological polar surface area (TPSA) is 34.1 Å². The monoisotopic (exact) mass is 216 g/mol. The van der Waals surface area contributed by atoms with Gasteiger partial charge in [0.05, 0.1) is 5.92 Å². The minimum absolute atomic E-state index is 0.0245. The minimum atomic E-state index is -0.333. The van der Waals surface area contributed by atoms with Crippen LogP contribution in [-0.4, -0.2) is 11.6 Å². The van der Waals surface area contributed by atoms with Crippen molar-refractivity contribution in [2.24, 2.45) is 5.92 Å². The summed E-state index contributed by atoms with van der Waals surface area (Å²) in [6, 6.07) is 10.1. The standard InChI is InChI=1S/C14H16O2/c1-10(15)13-8-7-12(9-14(13)16)11-5-3-2-4-6-11/h2-6,12-13H,7-9H2,1H3/t12-,13+/m1/s1. The van der Waals surface area contributed by atoms with E-state index < -0.39 is 0 Å². The predicted molar refractivity (Wildman–Crippen MR) is 62.2 cm³/mol. The molecule has 0 saturated heterocycles. The maximum Gasteiger partial charge on any atom is 0.143 e. The van der Waals surface area contributed by atoms with Crippen molar-refractivity contribution < 1.29 is 9.59 Å². The van der Waals surface area contributed by atoms with Gasteiger partial charge in [0.1, 0.15) is 11.6 Å². The average molecular weight is 216 g/mol. The molecule has 2 rings (SSSR count). The fraction of sp³-hybridized carbons (Fsp3) is 0.429. The van der Waals surface area contributed by atoms with Crippen LogP contribution in [0.4, 0.5) is 0 Å². The van der Waals surface area contributed by atoms with Gasteiger partial charge in [-0.15, -0.1) is 0 Å². The van der Waals surface area contributed by atoms with E-state index in [1.54, 1.807) is 0 Å². The summed E-state index contributed by atoms with van der Waals surface area (Å²) >= 11 is 0. The normalized spacial score (nSPS) is 25.4. The number of hydrogen-bond donors (Lipinski definition) is 0. The molecule has 1 aliphatic rings.